The highest BCUT2D eigenvalue weighted by atomic mass is 16.7. The van der Waals surface area contributed by atoms with E-state index in [1.807, 2.05) is 37.9 Å². The average molecular weight is 781 g/mol. The molecule has 0 spiro atoms. The average Bonchev–Trinajstić information content (AvgIpc) is 3.83. The Hall–Kier alpha value is -4.79. The second-order valence-electron chi connectivity index (χ2n) is 17.4. The first kappa shape index (κ1) is 37.8. The van der Waals surface area contributed by atoms with Crippen molar-refractivity contribution in [3.63, 3.8) is 0 Å². The molecule has 0 radical (unpaired) electrons. The van der Waals surface area contributed by atoms with Crippen LogP contribution in [0.3, 0.4) is 0 Å². The first-order chi connectivity index (χ1) is 27.4. The van der Waals surface area contributed by atoms with Crippen LogP contribution in [0.4, 0.5) is 10.6 Å². The van der Waals surface area contributed by atoms with Crippen LogP contribution in [0, 0.1) is 0 Å². The third-order valence-corrected chi connectivity index (χ3v) is 12.6. The zero-order valence-electron chi connectivity index (χ0n) is 33.5. The van der Waals surface area contributed by atoms with Gasteiger partial charge in [0.25, 0.3) is 0 Å². The fraction of sp³-hybridized carbons (Fsp3) is 0.558. The molecule has 302 valence electrons. The molecule has 2 aromatic carbocycles. The minimum Gasteiger partial charge on any atom is -0.480 e. The Morgan fingerprint density at radius 1 is 1.04 bits per heavy atom. The van der Waals surface area contributed by atoms with Crippen LogP contribution >= 0.6 is 0 Å². The van der Waals surface area contributed by atoms with Crippen molar-refractivity contribution in [3.05, 3.63) is 47.7 Å². The fourth-order valence-corrected chi connectivity index (χ4v) is 10.3. The van der Waals surface area contributed by atoms with Gasteiger partial charge in [-0.3, -0.25) is 14.8 Å². The van der Waals surface area contributed by atoms with Gasteiger partial charge < -0.3 is 33.7 Å². The summed E-state index contributed by atoms with van der Waals surface area (Å²) in [6.45, 7) is 10.7. The van der Waals surface area contributed by atoms with E-state index in [-0.39, 0.29) is 49.1 Å². The van der Waals surface area contributed by atoms with Gasteiger partial charge in [0, 0.05) is 49.5 Å². The standard InChI is InChI=1S/C43H52N6O8/c1-25-31-9-6-8-26-16-30(56-24-53-5)17-32(36(26)31)37-35(25)38-33(18-44-37)39(47-19-27-10-11-28(20-47)49(27)41(52)57-42(2,3)4)46-40(45-38)55-23-43-13-7-15-48(43)29(12-14-43)21-54-22-34(50)51/h6,8-9,16-18,25,27-29H,7,10-15,19-24H2,1-5H3,(H,50,51)/t25?,27?,28?,29-,43-/m0/s1. The molecule has 2 aromatic heterocycles. The number of carbonyl (C=O) groups excluding carboxylic acids is 1. The maximum atomic E-state index is 13.4. The predicted molar refractivity (Wildman–Crippen MR) is 213 cm³/mol. The Morgan fingerprint density at radius 3 is 2.60 bits per heavy atom. The van der Waals surface area contributed by atoms with E-state index < -0.39 is 11.6 Å². The molecule has 9 rings (SSSR count). The van der Waals surface area contributed by atoms with Crippen LogP contribution < -0.4 is 14.4 Å². The van der Waals surface area contributed by atoms with E-state index in [0.29, 0.717) is 38.1 Å². The SMILES string of the molecule is COCOc1cc2c3c(cccc3c1)C(C)c1c-2ncc2c(N3CC4CCC(C3)N4C(=O)OC(C)(C)C)nc(OC[C@@]34CCCN3[C@H](COCC(=O)O)CC4)nc12. The van der Waals surface area contributed by atoms with Crippen LogP contribution in [-0.2, 0) is 19.0 Å². The van der Waals surface area contributed by atoms with Gasteiger partial charge in [0.05, 0.1) is 40.8 Å². The number of benzene rings is 2. The molecule has 4 fully saturated rings. The number of rotatable bonds is 11. The largest absolute Gasteiger partial charge is 0.480 e. The number of carboxylic acid groups (broad SMARTS) is 1. The number of carboxylic acids is 1. The van der Waals surface area contributed by atoms with E-state index in [9.17, 15) is 9.59 Å². The van der Waals surface area contributed by atoms with Gasteiger partial charge in [0.1, 0.15) is 30.4 Å². The van der Waals surface area contributed by atoms with E-state index in [1.165, 1.54) is 5.56 Å². The molecule has 6 heterocycles. The van der Waals surface area contributed by atoms with Gasteiger partial charge in [-0.05, 0) is 94.3 Å². The second kappa shape index (κ2) is 14.5. The number of methoxy groups -OCH3 is 1. The summed E-state index contributed by atoms with van der Waals surface area (Å²) in [5.41, 5.74) is 4.06. The van der Waals surface area contributed by atoms with Crippen LogP contribution in [0.2, 0.25) is 0 Å². The number of aliphatic carboxylic acids is 1. The van der Waals surface area contributed by atoms with E-state index in [0.717, 1.165) is 89.4 Å². The number of aromatic nitrogens is 3. The Kier molecular flexibility index (Phi) is 9.64. The summed E-state index contributed by atoms with van der Waals surface area (Å²) in [7, 11) is 1.61. The third-order valence-electron chi connectivity index (χ3n) is 12.6. The lowest BCUT2D eigenvalue weighted by molar-refractivity contribution is -0.142. The number of amides is 1. The molecule has 57 heavy (non-hydrogen) atoms. The van der Waals surface area contributed by atoms with E-state index in [2.05, 4.69) is 41.0 Å². The highest BCUT2D eigenvalue weighted by molar-refractivity contribution is 6.06. The van der Waals surface area contributed by atoms with Crippen molar-refractivity contribution >= 4 is 39.6 Å². The molecule has 1 aliphatic carbocycles. The fourth-order valence-electron chi connectivity index (χ4n) is 10.3. The lowest BCUT2D eigenvalue weighted by atomic mass is 9.79. The van der Waals surface area contributed by atoms with Crippen molar-refractivity contribution in [1.82, 2.24) is 24.8 Å². The molecule has 5 aliphatic rings. The minimum absolute atomic E-state index is 0.0165. The second-order valence-corrected chi connectivity index (χ2v) is 17.4. The zero-order valence-corrected chi connectivity index (χ0v) is 33.5. The maximum absolute atomic E-state index is 13.4. The van der Waals surface area contributed by atoms with Crippen molar-refractivity contribution in [2.45, 2.75) is 101 Å². The summed E-state index contributed by atoms with van der Waals surface area (Å²) < 4.78 is 29.4. The molecule has 0 saturated carbocycles. The van der Waals surface area contributed by atoms with E-state index in [4.69, 9.17) is 43.7 Å². The molecule has 14 heteroatoms. The topological polar surface area (TPSA) is 149 Å². The molecule has 1 amide bonds. The summed E-state index contributed by atoms with van der Waals surface area (Å²) in [4.78, 5) is 46.9. The summed E-state index contributed by atoms with van der Waals surface area (Å²) in [5.74, 6) is 0.471. The number of piperazine rings is 1. The van der Waals surface area contributed by atoms with Gasteiger partial charge in [0.2, 0.25) is 0 Å². The van der Waals surface area contributed by atoms with Crippen molar-refractivity contribution < 1.29 is 38.4 Å². The van der Waals surface area contributed by atoms with Crippen molar-refractivity contribution in [1.29, 1.82) is 0 Å². The van der Waals surface area contributed by atoms with Gasteiger partial charge in [-0.15, -0.1) is 0 Å². The van der Waals surface area contributed by atoms with Crippen LogP contribution in [0.15, 0.2) is 36.5 Å². The Bertz CT molecular complexity index is 2210. The summed E-state index contributed by atoms with van der Waals surface area (Å²) in [6.07, 6.45) is 7.27. The number of nitrogens with zero attached hydrogens (tertiary/aromatic N) is 6. The van der Waals surface area contributed by atoms with Gasteiger partial charge >= 0.3 is 18.1 Å². The zero-order chi connectivity index (χ0) is 39.6. The number of ether oxygens (including phenoxy) is 5. The molecule has 4 saturated heterocycles. The number of hydrogen-bond donors (Lipinski definition) is 1. The highest BCUT2D eigenvalue weighted by Crippen LogP contribution is 2.49. The molecular formula is C43H52N6O8. The smallest absolute Gasteiger partial charge is 0.410 e. The van der Waals surface area contributed by atoms with E-state index in [1.54, 1.807) is 7.11 Å². The van der Waals surface area contributed by atoms with Crippen molar-refractivity contribution in [2.75, 3.05) is 58.3 Å². The Labute approximate surface area is 332 Å². The normalized spacial score (nSPS) is 25.2. The van der Waals surface area contributed by atoms with Crippen molar-refractivity contribution in [2.24, 2.45) is 0 Å². The van der Waals surface area contributed by atoms with Crippen LogP contribution in [0.5, 0.6) is 11.8 Å². The van der Waals surface area contributed by atoms with Gasteiger partial charge in [-0.2, -0.15) is 9.97 Å². The number of fused-ring (bicyclic) bond motifs is 7. The molecule has 5 atom stereocenters. The minimum atomic E-state index is -0.959. The summed E-state index contributed by atoms with van der Waals surface area (Å²) in [6, 6.07) is 10.9. The van der Waals surface area contributed by atoms with Gasteiger partial charge in [-0.25, -0.2) is 9.59 Å². The Balaban J connectivity index is 1.11. The molecule has 4 aliphatic heterocycles. The molecule has 3 unspecified atom stereocenters. The molecule has 1 N–H and O–H groups in total. The number of carbonyl (C=O) groups is 2. The van der Waals surface area contributed by atoms with Crippen molar-refractivity contribution in [3.8, 4) is 23.0 Å². The summed E-state index contributed by atoms with van der Waals surface area (Å²) in [5, 5.41) is 12.2. The summed E-state index contributed by atoms with van der Waals surface area (Å²) >= 11 is 0. The van der Waals surface area contributed by atoms with Crippen LogP contribution in [0.25, 0.3) is 32.9 Å². The third kappa shape index (κ3) is 6.78. The lowest BCUT2D eigenvalue weighted by Crippen LogP contribution is -2.57. The first-order valence-electron chi connectivity index (χ1n) is 20.3. The molecular weight excluding hydrogens is 729 g/mol. The predicted octanol–water partition coefficient (Wildman–Crippen LogP) is 6.36. The number of anilines is 1. The maximum Gasteiger partial charge on any atom is 0.410 e. The lowest BCUT2D eigenvalue weighted by Gasteiger charge is -2.42. The van der Waals surface area contributed by atoms with E-state index >= 15 is 0 Å². The van der Waals surface area contributed by atoms with Gasteiger partial charge in [0.15, 0.2) is 6.79 Å². The van der Waals surface area contributed by atoms with Gasteiger partial charge in [-0.1, -0.05) is 25.1 Å². The molecule has 4 aromatic rings. The number of pyridine rings is 1. The number of hydrogen-bond acceptors (Lipinski definition) is 12. The molecule has 2 bridgehead atoms. The monoisotopic (exact) mass is 780 g/mol. The first-order valence-corrected chi connectivity index (χ1v) is 20.3. The molecule has 14 nitrogen and oxygen atoms in total. The quantitative estimate of drug-likeness (QED) is 0.169. The highest BCUT2D eigenvalue weighted by Gasteiger charge is 2.50. The van der Waals surface area contributed by atoms with Crippen LogP contribution in [0.1, 0.15) is 83.3 Å². The van der Waals surface area contributed by atoms with Crippen LogP contribution in [-0.4, -0.2) is 125 Å². The Morgan fingerprint density at radius 2 is 1.84 bits per heavy atom.